The predicted molar refractivity (Wildman–Crippen MR) is 207 cm³/mol. The van der Waals surface area contributed by atoms with E-state index in [0.717, 1.165) is 53.7 Å². The minimum Gasteiger partial charge on any atom is -0.508 e. The third-order valence-corrected chi connectivity index (χ3v) is 9.47. The van der Waals surface area contributed by atoms with E-state index in [2.05, 4.69) is 0 Å². The Hall–Kier alpha value is -6.56. The summed E-state index contributed by atoms with van der Waals surface area (Å²) in [4.78, 5) is 88.8. The van der Waals surface area contributed by atoms with Gasteiger partial charge in [0.25, 0.3) is 0 Å². The fourth-order valence-electron chi connectivity index (χ4n) is 7.07. The van der Waals surface area contributed by atoms with Gasteiger partial charge in [-0.25, -0.2) is 0 Å². The van der Waals surface area contributed by atoms with E-state index in [0.29, 0.717) is 0 Å². The fourth-order valence-corrected chi connectivity index (χ4v) is 7.25. The molecule has 63 heavy (non-hydrogen) atoms. The van der Waals surface area contributed by atoms with Gasteiger partial charge in [0.1, 0.15) is 28.6 Å². The minimum atomic E-state index is -1.99. The first-order valence-corrected chi connectivity index (χ1v) is 19.3. The first kappa shape index (κ1) is 46.0. The predicted octanol–water partition coefficient (Wildman–Crippen LogP) is 3.40. The summed E-state index contributed by atoms with van der Waals surface area (Å²) in [7, 11) is 0. The van der Waals surface area contributed by atoms with Crippen molar-refractivity contribution in [1.82, 2.24) is 0 Å². The number of esters is 6. The molecule has 2 N–H and O–H groups in total. The third-order valence-electron chi connectivity index (χ3n) is 9.30. The number of fused-ring (bicyclic) bond motifs is 2. The van der Waals surface area contributed by atoms with Crippen LogP contribution in [0.4, 0.5) is 0 Å². The Morgan fingerprint density at radius 2 is 1.14 bits per heavy atom. The molecule has 22 nitrogen and oxygen atoms in total. The number of carbonyl (C=O) groups excluding carboxylic acids is 6. The van der Waals surface area contributed by atoms with Crippen LogP contribution in [0.1, 0.15) is 48.5 Å². The molecule has 6 rings (SSSR count). The second kappa shape index (κ2) is 18.8. The number of aromatic hydroxyl groups is 2. The number of hydrogen-bond donors (Lipinski definition) is 2. The average Bonchev–Trinajstić information content (AvgIpc) is 3.54. The van der Waals surface area contributed by atoms with E-state index in [9.17, 15) is 43.8 Å². The number of benzene rings is 2. The minimum absolute atomic E-state index is 0.0856. The zero-order valence-electron chi connectivity index (χ0n) is 34.3. The number of hydrogen-bond acceptors (Lipinski definition) is 23. The number of phenols is 2. The third kappa shape index (κ3) is 10.4. The highest BCUT2D eigenvalue weighted by atomic mass is 32.1. The van der Waals surface area contributed by atoms with Gasteiger partial charge in [0.2, 0.25) is 23.6 Å². The SMILES string of the molecule is CC(=O)OC1[C@H](Oc2c(-c3ccc4oc(=S)oc4c3)oc3cc(O)cc(O)c3c2=O)O[C@H](CO[C@H]2OC(C)C(OC(C)=O)[C@@H](OC(C)=O)[C@H]2OC(C)=O)C(OC(C)=O)[C@@H]1OC(C)=O. The second-order valence-electron chi connectivity index (χ2n) is 14.2. The van der Waals surface area contributed by atoms with Gasteiger partial charge in [-0.15, -0.1) is 0 Å². The highest BCUT2D eigenvalue weighted by Crippen LogP contribution is 2.40. The molecule has 0 aliphatic carbocycles. The van der Waals surface area contributed by atoms with Crippen molar-refractivity contribution in [3.8, 4) is 28.6 Å². The van der Waals surface area contributed by atoms with Gasteiger partial charge in [0.05, 0.1) is 12.7 Å². The lowest BCUT2D eigenvalue weighted by atomic mass is 9.97. The van der Waals surface area contributed by atoms with Crippen molar-refractivity contribution in [2.24, 2.45) is 0 Å². The second-order valence-corrected chi connectivity index (χ2v) is 14.5. The highest BCUT2D eigenvalue weighted by Gasteiger charge is 2.55. The van der Waals surface area contributed by atoms with Crippen molar-refractivity contribution >= 4 is 70.2 Å². The van der Waals surface area contributed by atoms with Crippen LogP contribution in [0.15, 0.2) is 48.4 Å². The largest absolute Gasteiger partial charge is 0.508 e. The quantitative estimate of drug-likeness (QED) is 0.117. The lowest BCUT2D eigenvalue weighted by molar-refractivity contribution is -0.323. The summed E-state index contributed by atoms with van der Waals surface area (Å²) >= 11 is 5.00. The molecule has 2 fully saturated rings. The summed E-state index contributed by atoms with van der Waals surface area (Å²) in [5, 5.41) is 20.6. The van der Waals surface area contributed by atoms with E-state index in [1.807, 2.05) is 0 Å². The maximum Gasteiger partial charge on any atom is 0.363 e. The molecule has 4 aromatic rings. The van der Waals surface area contributed by atoms with Crippen LogP contribution in [0, 0.1) is 4.90 Å². The van der Waals surface area contributed by atoms with E-state index >= 15 is 0 Å². The Morgan fingerprint density at radius 3 is 1.75 bits per heavy atom. The van der Waals surface area contributed by atoms with Crippen molar-refractivity contribution in [2.75, 3.05) is 6.61 Å². The van der Waals surface area contributed by atoms with Crippen molar-refractivity contribution in [3.05, 3.63) is 45.5 Å². The van der Waals surface area contributed by atoms with Gasteiger partial charge in [-0.05, 0) is 25.1 Å². The first-order chi connectivity index (χ1) is 29.7. The maximum absolute atomic E-state index is 14.4. The topological polar surface area (TPSA) is 292 Å². The summed E-state index contributed by atoms with van der Waals surface area (Å²) in [5.74, 6) is -7.66. The van der Waals surface area contributed by atoms with Gasteiger partial charge >= 0.3 is 40.7 Å². The molecule has 4 unspecified atom stereocenters. The van der Waals surface area contributed by atoms with Crippen LogP contribution < -0.4 is 10.2 Å². The summed E-state index contributed by atoms with van der Waals surface area (Å²) in [6, 6.07) is 6.15. The summed E-state index contributed by atoms with van der Waals surface area (Å²) < 4.78 is 74.4. The maximum atomic E-state index is 14.4. The van der Waals surface area contributed by atoms with Crippen LogP contribution in [-0.2, 0) is 71.4 Å². The Morgan fingerprint density at radius 1 is 0.619 bits per heavy atom. The number of phenolic OH excluding ortho intramolecular Hbond substituents is 2. The summed E-state index contributed by atoms with van der Waals surface area (Å²) in [6.07, 6.45) is -16.0. The Bertz CT molecular complexity index is 2560. The molecular formula is C40H40O22S. The molecule has 2 aliphatic heterocycles. The van der Waals surface area contributed by atoms with Gasteiger partial charge in [0, 0.05) is 71.5 Å². The van der Waals surface area contributed by atoms with Gasteiger partial charge in [-0.2, -0.15) is 0 Å². The molecule has 4 heterocycles. The molecule has 2 aromatic heterocycles. The van der Waals surface area contributed by atoms with Crippen molar-refractivity contribution in [3.63, 3.8) is 0 Å². The summed E-state index contributed by atoms with van der Waals surface area (Å²) in [5.41, 5.74) is -0.946. The molecule has 10 atom stereocenters. The zero-order chi connectivity index (χ0) is 46.0. The summed E-state index contributed by atoms with van der Waals surface area (Å²) in [6.45, 7) is 6.94. The first-order valence-electron chi connectivity index (χ1n) is 18.9. The molecule has 2 aromatic carbocycles. The zero-order valence-corrected chi connectivity index (χ0v) is 35.2. The van der Waals surface area contributed by atoms with E-state index in [1.54, 1.807) is 0 Å². The van der Waals surface area contributed by atoms with Crippen molar-refractivity contribution in [2.45, 2.75) is 110 Å². The van der Waals surface area contributed by atoms with E-state index in [4.69, 9.17) is 72.8 Å². The van der Waals surface area contributed by atoms with Crippen LogP contribution in [0.5, 0.6) is 17.2 Å². The monoisotopic (exact) mass is 904 g/mol. The molecular weight excluding hydrogens is 864 g/mol. The Labute approximate surface area is 359 Å². The number of carbonyl (C=O) groups is 6. The molecule has 0 bridgehead atoms. The van der Waals surface area contributed by atoms with Gasteiger partial charge in [0.15, 0.2) is 53.7 Å². The normalized spacial score (nSPS) is 25.7. The van der Waals surface area contributed by atoms with Crippen LogP contribution in [0.25, 0.3) is 33.5 Å². The molecule has 0 radical (unpaired) electrons. The Balaban J connectivity index is 1.46. The average molecular weight is 905 g/mol. The lowest BCUT2D eigenvalue weighted by Crippen LogP contribution is -2.65. The Kier molecular flexibility index (Phi) is 13.7. The molecule has 0 saturated carbocycles. The van der Waals surface area contributed by atoms with Crippen LogP contribution in [0.2, 0.25) is 0 Å². The molecule has 338 valence electrons. The number of ether oxygens (including phenoxy) is 10. The molecule has 23 heteroatoms. The smallest absolute Gasteiger partial charge is 0.363 e. The van der Waals surface area contributed by atoms with Crippen molar-refractivity contribution in [1.29, 1.82) is 0 Å². The standard InChI is InChI=1S/C40H40O22S/c1-14-30(52-15(2)41)34(54-17(4)43)36(56-19(6)45)38(51-14)50-13-27-32(53-16(3)42)35(55-18(5)44)37(57-20(7)46)39(59-27)62-33-29(49)28-23(48)11-22(47)12-26(28)58-31(33)21-8-9-24-25(10-21)61-40(63)60-24/h8-12,14,27,30,32,34-39,47-48H,13H2,1-7H3/t14?,27-,30?,32?,34-,35+,36-,37?,38+,39+/m1/s1. The van der Waals surface area contributed by atoms with Gasteiger partial charge in [-0.3, -0.25) is 33.6 Å². The van der Waals surface area contributed by atoms with Crippen LogP contribution in [-0.4, -0.2) is 114 Å². The van der Waals surface area contributed by atoms with Gasteiger partial charge in [-0.1, -0.05) is 0 Å². The van der Waals surface area contributed by atoms with E-state index in [1.165, 1.54) is 25.1 Å². The molecule has 0 amide bonds. The van der Waals surface area contributed by atoms with Crippen LogP contribution >= 0.6 is 12.2 Å². The molecule has 2 aliphatic rings. The van der Waals surface area contributed by atoms with E-state index < -0.39 is 132 Å². The molecule has 2 saturated heterocycles. The van der Waals surface area contributed by atoms with E-state index in [-0.39, 0.29) is 33.0 Å². The lowest BCUT2D eigenvalue weighted by Gasteiger charge is -2.46. The highest BCUT2D eigenvalue weighted by molar-refractivity contribution is 7.71. The van der Waals surface area contributed by atoms with Crippen molar-refractivity contribution < 1.29 is 99.6 Å². The van der Waals surface area contributed by atoms with Crippen LogP contribution in [0.3, 0.4) is 0 Å². The molecule has 0 spiro atoms. The number of rotatable bonds is 12. The fraction of sp³-hybridized carbons (Fsp3) is 0.450. The van der Waals surface area contributed by atoms with Gasteiger partial charge < -0.3 is 70.8 Å².